The number of carbonyl (C=O) groups excluding carboxylic acids is 2. The molecule has 3 rings (SSSR count). The third kappa shape index (κ3) is 5.00. The minimum Gasteiger partial charge on any atom is -0.385 e. The normalized spacial score (nSPS) is 13.8. The summed E-state index contributed by atoms with van der Waals surface area (Å²) in [4.78, 5) is 44.3. The number of rotatable bonds is 11. The van der Waals surface area contributed by atoms with Gasteiger partial charge in [0.25, 0.3) is 17.5 Å². The standard InChI is InChI=1S/C23H26N4O5/c1-3-25(15-11-17-9-12-24-13-10-17)21-20(18-5-7-19(8-6-18)27(30)31)22(28)26(23(21)29)14-4-16-32-2/h5-10,12-13H,3-4,11,14-16H2,1-2H3. The third-order valence-electron chi connectivity index (χ3n) is 5.36. The van der Waals surface area contributed by atoms with Gasteiger partial charge < -0.3 is 9.64 Å². The van der Waals surface area contributed by atoms with E-state index in [1.807, 2.05) is 24.0 Å². The number of nitro groups is 1. The summed E-state index contributed by atoms with van der Waals surface area (Å²) >= 11 is 0. The predicted molar refractivity (Wildman–Crippen MR) is 118 cm³/mol. The molecule has 0 aliphatic carbocycles. The van der Waals surface area contributed by atoms with Gasteiger partial charge in [-0.25, -0.2) is 0 Å². The van der Waals surface area contributed by atoms with E-state index in [-0.39, 0.29) is 23.7 Å². The zero-order valence-electron chi connectivity index (χ0n) is 18.2. The smallest absolute Gasteiger partial charge is 0.277 e. The molecule has 0 radical (unpaired) electrons. The zero-order chi connectivity index (χ0) is 23.1. The van der Waals surface area contributed by atoms with Crippen molar-refractivity contribution in [1.82, 2.24) is 14.8 Å². The van der Waals surface area contributed by atoms with Crippen LogP contribution < -0.4 is 0 Å². The lowest BCUT2D eigenvalue weighted by Crippen LogP contribution is -2.36. The van der Waals surface area contributed by atoms with Gasteiger partial charge in [-0.15, -0.1) is 0 Å². The Labute approximate surface area is 186 Å². The first-order chi connectivity index (χ1) is 15.5. The Bertz CT molecular complexity index is 1000. The molecule has 0 fully saturated rings. The molecular weight excluding hydrogens is 412 g/mol. The molecule has 0 unspecified atom stereocenters. The lowest BCUT2D eigenvalue weighted by molar-refractivity contribution is -0.384. The molecule has 0 spiro atoms. The Balaban J connectivity index is 1.96. The van der Waals surface area contributed by atoms with Crippen molar-refractivity contribution in [3.8, 4) is 0 Å². The molecule has 2 aromatic rings. The van der Waals surface area contributed by atoms with Crippen LogP contribution in [-0.2, 0) is 20.7 Å². The fourth-order valence-corrected chi connectivity index (χ4v) is 3.68. The Morgan fingerprint density at radius 2 is 1.78 bits per heavy atom. The molecule has 9 nitrogen and oxygen atoms in total. The summed E-state index contributed by atoms with van der Waals surface area (Å²) in [5, 5.41) is 11.0. The van der Waals surface area contributed by atoms with E-state index in [2.05, 4.69) is 4.98 Å². The monoisotopic (exact) mass is 438 g/mol. The first-order valence-corrected chi connectivity index (χ1v) is 10.5. The summed E-state index contributed by atoms with van der Waals surface area (Å²) in [5.41, 5.74) is 2.09. The van der Waals surface area contributed by atoms with E-state index in [0.717, 1.165) is 5.56 Å². The minimum absolute atomic E-state index is 0.0744. The van der Waals surface area contributed by atoms with E-state index >= 15 is 0 Å². The van der Waals surface area contributed by atoms with Crippen molar-refractivity contribution in [3.63, 3.8) is 0 Å². The van der Waals surface area contributed by atoms with Crippen LogP contribution in [0, 0.1) is 10.1 Å². The van der Waals surface area contributed by atoms with Gasteiger partial charge in [-0.1, -0.05) is 0 Å². The second kappa shape index (κ2) is 10.6. The summed E-state index contributed by atoms with van der Waals surface area (Å²) in [6, 6.07) is 9.56. The average Bonchev–Trinajstić information content (AvgIpc) is 3.05. The molecule has 1 aromatic carbocycles. The molecule has 0 atom stereocenters. The Morgan fingerprint density at radius 1 is 1.09 bits per heavy atom. The Hall–Kier alpha value is -3.59. The topological polar surface area (TPSA) is 106 Å². The first-order valence-electron chi connectivity index (χ1n) is 10.5. The van der Waals surface area contributed by atoms with Gasteiger partial charge in [0.05, 0.1) is 10.5 Å². The second-order valence-corrected chi connectivity index (χ2v) is 7.32. The third-order valence-corrected chi connectivity index (χ3v) is 5.36. The number of methoxy groups -OCH3 is 1. The van der Waals surface area contributed by atoms with E-state index in [1.54, 1.807) is 19.5 Å². The molecule has 2 amide bonds. The number of benzene rings is 1. The number of amides is 2. The summed E-state index contributed by atoms with van der Waals surface area (Å²) in [5.74, 6) is -0.742. The second-order valence-electron chi connectivity index (χ2n) is 7.32. The van der Waals surface area contributed by atoms with Crippen LogP contribution in [0.15, 0.2) is 54.5 Å². The maximum Gasteiger partial charge on any atom is 0.277 e. The highest BCUT2D eigenvalue weighted by Crippen LogP contribution is 2.32. The fraction of sp³-hybridized carbons (Fsp3) is 0.348. The van der Waals surface area contributed by atoms with Crippen molar-refractivity contribution in [3.05, 3.63) is 75.7 Å². The number of imide groups is 1. The predicted octanol–water partition coefficient (Wildman–Crippen LogP) is 2.67. The quantitative estimate of drug-likeness (QED) is 0.230. The molecule has 1 aliphatic rings. The summed E-state index contributed by atoms with van der Waals surface area (Å²) in [6.07, 6.45) is 4.64. The van der Waals surface area contributed by atoms with E-state index in [9.17, 15) is 19.7 Å². The summed E-state index contributed by atoms with van der Waals surface area (Å²) < 4.78 is 5.06. The maximum atomic E-state index is 13.3. The molecule has 168 valence electrons. The van der Waals surface area contributed by atoms with E-state index < -0.39 is 10.8 Å². The van der Waals surface area contributed by atoms with Crippen molar-refractivity contribution in [2.45, 2.75) is 19.8 Å². The fourth-order valence-electron chi connectivity index (χ4n) is 3.68. The average molecular weight is 438 g/mol. The molecule has 32 heavy (non-hydrogen) atoms. The highest BCUT2D eigenvalue weighted by Gasteiger charge is 2.40. The number of nitrogens with zero attached hydrogens (tertiary/aromatic N) is 4. The van der Waals surface area contributed by atoms with Crippen LogP contribution in [0.1, 0.15) is 24.5 Å². The molecule has 9 heteroatoms. The highest BCUT2D eigenvalue weighted by atomic mass is 16.6. The van der Waals surface area contributed by atoms with Gasteiger partial charge in [-0.05, 0) is 55.2 Å². The van der Waals surface area contributed by atoms with Crippen LogP contribution in [0.2, 0.25) is 0 Å². The molecule has 0 bridgehead atoms. The number of hydrogen-bond donors (Lipinski definition) is 0. The molecule has 0 saturated heterocycles. The van der Waals surface area contributed by atoms with E-state index in [0.29, 0.717) is 43.8 Å². The minimum atomic E-state index is -0.495. The number of aromatic nitrogens is 1. The van der Waals surface area contributed by atoms with Crippen molar-refractivity contribution in [2.75, 3.05) is 33.4 Å². The van der Waals surface area contributed by atoms with Gasteiger partial charge in [0, 0.05) is 57.9 Å². The molecular formula is C23H26N4O5. The number of hydrogen-bond acceptors (Lipinski definition) is 7. The molecule has 1 aromatic heterocycles. The van der Waals surface area contributed by atoms with Crippen molar-refractivity contribution >= 4 is 23.1 Å². The van der Waals surface area contributed by atoms with E-state index in [1.165, 1.54) is 29.2 Å². The number of nitro benzene ring substituents is 1. The molecule has 0 N–H and O–H groups in total. The number of ether oxygens (including phenoxy) is 1. The molecule has 1 aliphatic heterocycles. The summed E-state index contributed by atoms with van der Waals surface area (Å²) in [7, 11) is 1.57. The molecule has 0 saturated carbocycles. The van der Waals surface area contributed by atoms with Crippen molar-refractivity contribution < 1.29 is 19.2 Å². The van der Waals surface area contributed by atoms with Gasteiger partial charge in [0.1, 0.15) is 5.70 Å². The van der Waals surface area contributed by atoms with Gasteiger partial charge in [0.15, 0.2) is 0 Å². The van der Waals surface area contributed by atoms with Crippen LogP contribution in [0.4, 0.5) is 5.69 Å². The van der Waals surface area contributed by atoms with Gasteiger partial charge in [-0.2, -0.15) is 0 Å². The van der Waals surface area contributed by atoms with Crippen LogP contribution in [0.3, 0.4) is 0 Å². The number of pyridine rings is 1. The van der Waals surface area contributed by atoms with E-state index in [4.69, 9.17) is 4.74 Å². The molecule has 2 heterocycles. The Morgan fingerprint density at radius 3 is 2.38 bits per heavy atom. The van der Waals surface area contributed by atoms with Crippen LogP contribution in [-0.4, -0.2) is 64.9 Å². The SMILES string of the molecule is CCN(CCc1ccncc1)C1=C(c2ccc([N+](=O)[O-])cc2)C(=O)N(CCCOC)C1=O. The van der Waals surface area contributed by atoms with Crippen LogP contribution in [0.5, 0.6) is 0 Å². The van der Waals surface area contributed by atoms with Crippen molar-refractivity contribution in [2.24, 2.45) is 0 Å². The Kier molecular flexibility index (Phi) is 7.67. The maximum absolute atomic E-state index is 13.3. The van der Waals surface area contributed by atoms with Crippen LogP contribution in [0.25, 0.3) is 5.57 Å². The number of likely N-dealkylation sites (N-methyl/N-ethyl adjacent to an activating group) is 1. The van der Waals surface area contributed by atoms with Crippen molar-refractivity contribution in [1.29, 1.82) is 0 Å². The van der Waals surface area contributed by atoms with Gasteiger partial charge in [-0.3, -0.25) is 29.6 Å². The lowest BCUT2D eigenvalue weighted by Gasteiger charge is -2.25. The van der Waals surface area contributed by atoms with Gasteiger partial charge in [0.2, 0.25) is 0 Å². The zero-order valence-corrected chi connectivity index (χ0v) is 18.2. The first kappa shape index (κ1) is 23.1. The highest BCUT2D eigenvalue weighted by molar-refractivity contribution is 6.35. The number of carbonyl (C=O) groups is 2. The summed E-state index contributed by atoms with van der Waals surface area (Å²) in [6.45, 7) is 3.67. The van der Waals surface area contributed by atoms with Gasteiger partial charge >= 0.3 is 0 Å². The lowest BCUT2D eigenvalue weighted by atomic mass is 10.0. The number of non-ortho nitro benzene ring substituents is 1. The van der Waals surface area contributed by atoms with Crippen LogP contribution >= 0.6 is 0 Å². The largest absolute Gasteiger partial charge is 0.385 e.